The van der Waals surface area contributed by atoms with E-state index in [4.69, 9.17) is 23.2 Å². The van der Waals surface area contributed by atoms with Crippen LogP contribution >= 0.6 is 45.8 Å². The van der Waals surface area contributed by atoms with Gasteiger partial charge in [-0.3, -0.25) is 4.79 Å². The standard InChI is InChI=1S/C15H12Cl2INO/c16-11-5-3-4-10(15(11)17)8-9-14(20)19-13-7-2-1-6-12(13)18/h1-7H,8-9H2,(H,19,20). The SMILES string of the molecule is O=C(CCc1cccc(Cl)c1Cl)Nc1ccccc1I. The van der Waals surface area contributed by atoms with Crippen molar-refractivity contribution in [3.63, 3.8) is 0 Å². The third-order valence-corrected chi connectivity index (χ3v) is 4.60. The monoisotopic (exact) mass is 419 g/mol. The van der Waals surface area contributed by atoms with Crippen LogP contribution in [-0.2, 0) is 11.2 Å². The van der Waals surface area contributed by atoms with Gasteiger partial charge in [-0.1, -0.05) is 47.5 Å². The van der Waals surface area contributed by atoms with Gasteiger partial charge >= 0.3 is 0 Å². The zero-order chi connectivity index (χ0) is 14.5. The van der Waals surface area contributed by atoms with E-state index in [0.717, 1.165) is 14.8 Å². The van der Waals surface area contributed by atoms with Crippen molar-refractivity contribution in [1.82, 2.24) is 0 Å². The minimum absolute atomic E-state index is 0.0369. The van der Waals surface area contributed by atoms with Gasteiger partial charge in [0.05, 0.1) is 15.7 Å². The quantitative estimate of drug-likeness (QED) is 0.680. The van der Waals surface area contributed by atoms with Crippen LogP contribution in [-0.4, -0.2) is 5.91 Å². The Hall–Kier alpha value is -0.780. The second-order valence-electron chi connectivity index (χ2n) is 4.24. The minimum atomic E-state index is -0.0369. The van der Waals surface area contributed by atoms with Crippen molar-refractivity contribution >= 4 is 57.4 Å². The van der Waals surface area contributed by atoms with Gasteiger partial charge in [-0.25, -0.2) is 0 Å². The van der Waals surface area contributed by atoms with Crippen LogP contribution in [0.15, 0.2) is 42.5 Å². The lowest BCUT2D eigenvalue weighted by Gasteiger charge is -2.08. The summed E-state index contributed by atoms with van der Waals surface area (Å²) in [7, 11) is 0. The summed E-state index contributed by atoms with van der Waals surface area (Å²) in [4.78, 5) is 11.9. The lowest BCUT2D eigenvalue weighted by Crippen LogP contribution is -2.13. The van der Waals surface area contributed by atoms with Gasteiger partial charge in [0.15, 0.2) is 0 Å². The summed E-state index contributed by atoms with van der Waals surface area (Å²) >= 11 is 14.2. The molecule has 0 aromatic heterocycles. The van der Waals surface area contributed by atoms with Crippen LogP contribution in [0.3, 0.4) is 0 Å². The smallest absolute Gasteiger partial charge is 0.224 e. The number of halogens is 3. The summed E-state index contributed by atoms with van der Waals surface area (Å²) in [6, 6.07) is 13.1. The lowest BCUT2D eigenvalue weighted by molar-refractivity contribution is -0.116. The topological polar surface area (TPSA) is 29.1 Å². The van der Waals surface area contributed by atoms with E-state index in [1.54, 1.807) is 6.07 Å². The number of benzene rings is 2. The molecule has 104 valence electrons. The molecule has 0 bridgehead atoms. The van der Waals surface area contributed by atoms with Crippen molar-refractivity contribution < 1.29 is 4.79 Å². The largest absolute Gasteiger partial charge is 0.325 e. The fraction of sp³-hybridized carbons (Fsp3) is 0.133. The maximum atomic E-state index is 11.9. The molecule has 0 heterocycles. The predicted octanol–water partition coefficient (Wildman–Crippen LogP) is 5.17. The Balaban J connectivity index is 1.96. The molecule has 0 saturated heterocycles. The molecule has 20 heavy (non-hydrogen) atoms. The number of hydrogen-bond acceptors (Lipinski definition) is 1. The molecule has 2 nitrogen and oxygen atoms in total. The third-order valence-electron chi connectivity index (χ3n) is 2.80. The van der Waals surface area contributed by atoms with E-state index in [9.17, 15) is 4.79 Å². The molecule has 0 atom stereocenters. The molecule has 0 saturated carbocycles. The van der Waals surface area contributed by atoms with Gasteiger partial charge in [0, 0.05) is 9.99 Å². The van der Waals surface area contributed by atoms with Crippen molar-refractivity contribution in [1.29, 1.82) is 0 Å². The average molecular weight is 420 g/mol. The van der Waals surface area contributed by atoms with Crippen LogP contribution < -0.4 is 5.32 Å². The van der Waals surface area contributed by atoms with E-state index >= 15 is 0 Å². The fourth-order valence-electron chi connectivity index (χ4n) is 1.77. The van der Waals surface area contributed by atoms with Crippen LogP contribution in [0.2, 0.25) is 10.0 Å². The fourth-order valence-corrected chi connectivity index (χ4v) is 2.70. The second kappa shape index (κ2) is 7.29. The molecule has 0 aliphatic heterocycles. The highest BCUT2D eigenvalue weighted by atomic mass is 127. The number of nitrogens with one attached hydrogen (secondary N) is 1. The van der Waals surface area contributed by atoms with Crippen molar-refractivity contribution in [2.45, 2.75) is 12.8 Å². The molecule has 2 rings (SSSR count). The number of anilines is 1. The molecule has 2 aromatic carbocycles. The molecule has 1 amide bonds. The van der Waals surface area contributed by atoms with Crippen molar-refractivity contribution in [2.75, 3.05) is 5.32 Å². The highest BCUT2D eigenvalue weighted by Crippen LogP contribution is 2.26. The first-order chi connectivity index (χ1) is 9.58. The van der Waals surface area contributed by atoms with Gasteiger partial charge in [0.25, 0.3) is 0 Å². The Morgan fingerprint density at radius 3 is 2.60 bits per heavy atom. The molecule has 0 aliphatic rings. The third kappa shape index (κ3) is 4.11. The molecule has 0 fully saturated rings. The lowest BCUT2D eigenvalue weighted by atomic mass is 10.1. The molecule has 2 aromatic rings. The van der Waals surface area contributed by atoms with Crippen LogP contribution in [0.5, 0.6) is 0 Å². The first-order valence-corrected chi connectivity index (χ1v) is 7.88. The van der Waals surface area contributed by atoms with Crippen LogP contribution in [0.1, 0.15) is 12.0 Å². The first kappa shape index (κ1) is 15.6. The highest BCUT2D eigenvalue weighted by Gasteiger charge is 2.08. The number of carbonyl (C=O) groups excluding carboxylic acids is 1. The zero-order valence-electron chi connectivity index (χ0n) is 10.5. The Morgan fingerprint density at radius 1 is 1.10 bits per heavy atom. The maximum absolute atomic E-state index is 11.9. The summed E-state index contributed by atoms with van der Waals surface area (Å²) in [5.41, 5.74) is 1.72. The van der Waals surface area contributed by atoms with E-state index in [0.29, 0.717) is 22.9 Å². The van der Waals surface area contributed by atoms with Gasteiger partial charge in [-0.2, -0.15) is 0 Å². The highest BCUT2D eigenvalue weighted by molar-refractivity contribution is 14.1. The summed E-state index contributed by atoms with van der Waals surface area (Å²) in [6.45, 7) is 0. The molecule has 0 spiro atoms. The van der Waals surface area contributed by atoms with Gasteiger partial charge in [0.1, 0.15) is 0 Å². The molecule has 5 heteroatoms. The Kier molecular flexibility index (Phi) is 5.69. The molecule has 0 radical (unpaired) electrons. The molecule has 0 aliphatic carbocycles. The second-order valence-corrected chi connectivity index (χ2v) is 6.19. The zero-order valence-corrected chi connectivity index (χ0v) is 14.2. The van der Waals surface area contributed by atoms with Gasteiger partial charge < -0.3 is 5.32 Å². The van der Waals surface area contributed by atoms with E-state index in [1.165, 1.54) is 0 Å². The van der Waals surface area contributed by atoms with Crippen LogP contribution in [0.25, 0.3) is 0 Å². The number of rotatable bonds is 4. The number of aryl methyl sites for hydroxylation is 1. The number of amides is 1. The van der Waals surface area contributed by atoms with Gasteiger partial charge in [-0.05, 0) is 52.8 Å². The van der Waals surface area contributed by atoms with Crippen LogP contribution in [0.4, 0.5) is 5.69 Å². The summed E-state index contributed by atoms with van der Waals surface area (Å²) < 4.78 is 1.01. The molecule has 1 N–H and O–H groups in total. The Bertz CT molecular complexity index is 631. The Morgan fingerprint density at radius 2 is 1.85 bits per heavy atom. The molecule has 0 unspecified atom stereocenters. The maximum Gasteiger partial charge on any atom is 0.224 e. The van der Waals surface area contributed by atoms with E-state index in [1.807, 2.05) is 36.4 Å². The van der Waals surface area contributed by atoms with Gasteiger partial charge in [0.2, 0.25) is 5.91 Å². The van der Waals surface area contributed by atoms with Crippen molar-refractivity contribution in [3.8, 4) is 0 Å². The van der Waals surface area contributed by atoms with Crippen LogP contribution in [0, 0.1) is 3.57 Å². The van der Waals surface area contributed by atoms with E-state index < -0.39 is 0 Å². The predicted molar refractivity (Wildman–Crippen MR) is 92.6 cm³/mol. The summed E-state index contributed by atoms with van der Waals surface area (Å²) in [5.74, 6) is -0.0369. The number of hydrogen-bond donors (Lipinski definition) is 1. The average Bonchev–Trinajstić information content (AvgIpc) is 2.43. The molecular formula is C15H12Cl2INO. The minimum Gasteiger partial charge on any atom is -0.325 e. The first-order valence-electron chi connectivity index (χ1n) is 6.05. The van der Waals surface area contributed by atoms with E-state index in [-0.39, 0.29) is 5.91 Å². The van der Waals surface area contributed by atoms with Gasteiger partial charge in [-0.15, -0.1) is 0 Å². The van der Waals surface area contributed by atoms with Crippen molar-refractivity contribution in [3.05, 3.63) is 61.6 Å². The number of carbonyl (C=O) groups is 1. The van der Waals surface area contributed by atoms with E-state index in [2.05, 4.69) is 27.9 Å². The normalized spacial score (nSPS) is 10.3. The van der Waals surface area contributed by atoms with Crippen molar-refractivity contribution in [2.24, 2.45) is 0 Å². The molecular weight excluding hydrogens is 408 g/mol. The summed E-state index contributed by atoms with van der Waals surface area (Å²) in [6.07, 6.45) is 0.930. The summed E-state index contributed by atoms with van der Waals surface area (Å²) in [5, 5.41) is 3.93. The number of para-hydroxylation sites is 1. The Labute approximate surface area is 141 Å².